The maximum Gasteiger partial charge on any atom is 0.269 e. The lowest BCUT2D eigenvalue weighted by atomic mass is 10.3. The minimum Gasteiger partial charge on any atom is -0.354 e. The molecule has 0 spiro atoms. The van der Waals surface area contributed by atoms with Gasteiger partial charge in [0.05, 0.1) is 6.20 Å². The van der Waals surface area contributed by atoms with Crippen molar-refractivity contribution >= 4 is 11.6 Å². The molecule has 4 heteroatoms. The number of nitrogens with zero attached hydrogens (tertiary/aromatic N) is 2. The Morgan fingerprint density at radius 1 is 1.50 bits per heavy atom. The van der Waals surface area contributed by atoms with Crippen molar-refractivity contribution in [2.45, 2.75) is 6.92 Å². The summed E-state index contributed by atoms with van der Waals surface area (Å²) in [6.45, 7) is 1.98. The molecule has 0 bridgehead atoms. The fourth-order valence-electron chi connectivity index (χ4n) is 1.38. The SMILES string of the molecule is CNC(=O)c1cnc2ccc(C)cn12. The van der Waals surface area contributed by atoms with Gasteiger partial charge in [0.25, 0.3) is 5.91 Å². The predicted octanol–water partition coefficient (Wildman–Crippen LogP) is 1.00. The summed E-state index contributed by atoms with van der Waals surface area (Å²) in [6, 6.07) is 3.86. The summed E-state index contributed by atoms with van der Waals surface area (Å²) in [5, 5.41) is 2.58. The van der Waals surface area contributed by atoms with Gasteiger partial charge in [0, 0.05) is 13.2 Å². The van der Waals surface area contributed by atoms with Crippen LogP contribution in [0.5, 0.6) is 0 Å². The number of carbonyl (C=O) groups is 1. The molecule has 0 aliphatic heterocycles. The standard InChI is InChI=1S/C10H11N3O/c1-7-3-4-9-12-5-8(10(14)11-2)13(9)6-7/h3-6H,1-2H3,(H,11,14). The number of nitrogens with one attached hydrogen (secondary N) is 1. The number of hydrogen-bond donors (Lipinski definition) is 1. The van der Waals surface area contributed by atoms with Crippen molar-refractivity contribution in [3.05, 3.63) is 35.8 Å². The van der Waals surface area contributed by atoms with Gasteiger partial charge in [-0.25, -0.2) is 4.98 Å². The number of imidazole rings is 1. The van der Waals surface area contributed by atoms with E-state index in [1.54, 1.807) is 17.6 Å². The van der Waals surface area contributed by atoms with E-state index in [9.17, 15) is 4.79 Å². The average Bonchev–Trinajstić information content (AvgIpc) is 2.59. The van der Waals surface area contributed by atoms with Crippen molar-refractivity contribution in [3.8, 4) is 0 Å². The van der Waals surface area contributed by atoms with Crippen molar-refractivity contribution in [1.82, 2.24) is 14.7 Å². The molecule has 4 nitrogen and oxygen atoms in total. The van der Waals surface area contributed by atoms with E-state index in [4.69, 9.17) is 0 Å². The Bertz CT molecular complexity index is 487. The van der Waals surface area contributed by atoms with Gasteiger partial charge in [-0.3, -0.25) is 9.20 Å². The highest BCUT2D eigenvalue weighted by atomic mass is 16.1. The van der Waals surface area contributed by atoms with Gasteiger partial charge in [-0.15, -0.1) is 0 Å². The molecule has 0 saturated carbocycles. The highest BCUT2D eigenvalue weighted by Gasteiger charge is 2.09. The molecule has 0 fully saturated rings. The molecular formula is C10H11N3O. The summed E-state index contributed by atoms with van der Waals surface area (Å²) in [5.74, 6) is -0.122. The van der Waals surface area contributed by atoms with Crippen LogP contribution >= 0.6 is 0 Å². The number of hydrogen-bond acceptors (Lipinski definition) is 2. The first-order valence-electron chi connectivity index (χ1n) is 4.38. The molecule has 0 atom stereocenters. The molecule has 1 amide bonds. The summed E-state index contributed by atoms with van der Waals surface area (Å²) in [5.41, 5.74) is 2.45. The van der Waals surface area contributed by atoms with Crippen LogP contribution in [0.3, 0.4) is 0 Å². The van der Waals surface area contributed by atoms with Gasteiger partial charge >= 0.3 is 0 Å². The van der Waals surface area contributed by atoms with E-state index < -0.39 is 0 Å². The van der Waals surface area contributed by atoms with Gasteiger partial charge in [0.15, 0.2) is 0 Å². The molecule has 2 aromatic heterocycles. The van der Waals surface area contributed by atoms with Crippen LogP contribution in [0.2, 0.25) is 0 Å². The van der Waals surface area contributed by atoms with Crippen molar-refractivity contribution in [1.29, 1.82) is 0 Å². The highest BCUT2D eigenvalue weighted by Crippen LogP contribution is 2.08. The van der Waals surface area contributed by atoms with Crippen LogP contribution in [0.15, 0.2) is 24.5 Å². The predicted molar refractivity (Wildman–Crippen MR) is 53.3 cm³/mol. The fraction of sp³-hybridized carbons (Fsp3) is 0.200. The number of amides is 1. The molecule has 14 heavy (non-hydrogen) atoms. The lowest BCUT2D eigenvalue weighted by molar-refractivity contribution is 0.0957. The number of aromatic nitrogens is 2. The lowest BCUT2D eigenvalue weighted by Crippen LogP contribution is -2.19. The van der Waals surface area contributed by atoms with Crippen LogP contribution in [-0.4, -0.2) is 22.3 Å². The smallest absolute Gasteiger partial charge is 0.269 e. The number of carbonyl (C=O) groups excluding carboxylic acids is 1. The van der Waals surface area contributed by atoms with Crippen molar-refractivity contribution in [2.75, 3.05) is 7.05 Å². The monoisotopic (exact) mass is 189 g/mol. The molecule has 0 aromatic carbocycles. The third-order valence-corrected chi connectivity index (χ3v) is 2.11. The van der Waals surface area contributed by atoms with Crippen molar-refractivity contribution < 1.29 is 4.79 Å². The quantitative estimate of drug-likeness (QED) is 0.727. The van der Waals surface area contributed by atoms with Gasteiger partial charge in [0.1, 0.15) is 11.3 Å². The van der Waals surface area contributed by atoms with Gasteiger partial charge < -0.3 is 5.32 Å². The summed E-state index contributed by atoms with van der Waals surface area (Å²) in [4.78, 5) is 15.6. The number of rotatable bonds is 1. The first-order chi connectivity index (χ1) is 6.72. The highest BCUT2D eigenvalue weighted by molar-refractivity contribution is 5.93. The maximum absolute atomic E-state index is 11.4. The molecule has 0 aliphatic carbocycles. The van der Waals surface area contributed by atoms with Crippen molar-refractivity contribution in [2.24, 2.45) is 0 Å². The lowest BCUT2D eigenvalue weighted by Gasteiger charge is -2.00. The molecule has 2 rings (SSSR count). The minimum absolute atomic E-state index is 0.122. The van der Waals surface area contributed by atoms with Crippen LogP contribution in [0, 0.1) is 6.92 Å². The Kier molecular flexibility index (Phi) is 1.96. The van der Waals surface area contributed by atoms with E-state index in [2.05, 4.69) is 10.3 Å². The van der Waals surface area contributed by atoms with Crippen molar-refractivity contribution in [3.63, 3.8) is 0 Å². The largest absolute Gasteiger partial charge is 0.354 e. The zero-order valence-corrected chi connectivity index (χ0v) is 8.11. The van der Waals surface area contributed by atoms with Crippen LogP contribution in [0.25, 0.3) is 5.65 Å². The van der Waals surface area contributed by atoms with E-state index in [1.165, 1.54) is 0 Å². The minimum atomic E-state index is -0.122. The number of fused-ring (bicyclic) bond motifs is 1. The Morgan fingerprint density at radius 2 is 2.29 bits per heavy atom. The Labute approximate surface area is 81.6 Å². The van der Waals surface area contributed by atoms with Crippen LogP contribution in [-0.2, 0) is 0 Å². The van der Waals surface area contributed by atoms with Crippen LogP contribution < -0.4 is 5.32 Å². The number of pyridine rings is 1. The molecule has 1 N–H and O–H groups in total. The average molecular weight is 189 g/mol. The molecule has 0 radical (unpaired) electrons. The van der Waals surface area contributed by atoms with Crippen LogP contribution in [0.4, 0.5) is 0 Å². The molecule has 0 aliphatic rings. The van der Waals surface area contributed by atoms with E-state index in [1.807, 2.05) is 25.3 Å². The van der Waals surface area contributed by atoms with E-state index >= 15 is 0 Å². The fourth-order valence-corrected chi connectivity index (χ4v) is 1.38. The first kappa shape index (κ1) is 8.74. The van der Waals surface area contributed by atoms with E-state index in [-0.39, 0.29) is 5.91 Å². The number of aryl methyl sites for hydroxylation is 1. The zero-order chi connectivity index (χ0) is 10.1. The third-order valence-electron chi connectivity index (χ3n) is 2.11. The van der Waals surface area contributed by atoms with E-state index in [0.29, 0.717) is 5.69 Å². The third kappa shape index (κ3) is 1.25. The van der Waals surface area contributed by atoms with Gasteiger partial charge in [-0.2, -0.15) is 0 Å². The normalized spacial score (nSPS) is 10.4. The molecular weight excluding hydrogens is 178 g/mol. The summed E-state index contributed by atoms with van der Waals surface area (Å²) in [7, 11) is 1.61. The zero-order valence-electron chi connectivity index (χ0n) is 8.11. The summed E-state index contributed by atoms with van der Waals surface area (Å²) < 4.78 is 1.79. The van der Waals surface area contributed by atoms with Crippen LogP contribution in [0.1, 0.15) is 16.1 Å². The molecule has 0 saturated heterocycles. The maximum atomic E-state index is 11.4. The molecule has 2 aromatic rings. The van der Waals surface area contributed by atoms with Gasteiger partial charge in [-0.1, -0.05) is 6.07 Å². The second kappa shape index (κ2) is 3.14. The Hall–Kier alpha value is -1.84. The second-order valence-corrected chi connectivity index (χ2v) is 3.16. The summed E-state index contributed by atoms with van der Waals surface area (Å²) in [6.07, 6.45) is 3.47. The topological polar surface area (TPSA) is 46.4 Å². The molecule has 2 heterocycles. The van der Waals surface area contributed by atoms with Gasteiger partial charge in [-0.05, 0) is 18.6 Å². The molecule has 0 unspecified atom stereocenters. The Morgan fingerprint density at radius 3 is 3.00 bits per heavy atom. The first-order valence-corrected chi connectivity index (χ1v) is 4.38. The van der Waals surface area contributed by atoms with Gasteiger partial charge in [0.2, 0.25) is 0 Å². The Balaban J connectivity index is 2.67. The summed E-state index contributed by atoms with van der Waals surface area (Å²) >= 11 is 0. The molecule has 72 valence electrons. The second-order valence-electron chi connectivity index (χ2n) is 3.16. The van der Waals surface area contributed by atoms with E-state index in [0.717, 1.165) is 11.2 Å².